The van der Waals surface area contributed by atoms with Gasteiger partial charge in [0, 0.05) is 0 Å². The highest BCUT2D eigenvalue weighted by Crippen LogP contribution is 2.39. The van der Waals surface area contributed by atoms with Crippen LogP contribution in [-0.4, -0.2) is 41.6 Å². The summed E-state index contributed by atoms with van der Waals surface area (Å²) < 4.78 is 23.4. The monoisotopic (exact) mass is 308 g/mol. The van der Waals surface area contributed by atoms with Gasteiger partial charge < -0.3 is 24.1 Å². The summed E-state index contributed by atoms with van der Waals surface area (Å²) in [5.41, 5.74) is 2.29. The Morgan fingerprint density at radius 1 is 1.23 bits per heavy atom. The number of aliphatic hydroxyl groups excluding tert-OH is 1. The summed E-state index contributed by atoms with van der Waals surface area (Å²) in [7, 11) is 0. The Bertz CT molecular complexity index is 510. The van der Waals surface area contributed by atoms with Gasteiger partial charge in [0.05, 0.1) is 12.7 Å². The predicted molar refractivity (Wildman–Crippen MR) is 80.1 cm³/mol. The summed E-state index contributed by atoms with van der Waals surface area (Å²) in [6, 6.07) is 8.18. The molecular weight excluding hydrogens is 284 g/mol. The Morgan fingerprint density at radius 3 is 2.55 bits per heavy atom. The highest BCUT2D eigenvalue weighted by atomic mass is 16.8. The lowest BCUT2D eigenvalue weighted by Crippen LogP contribution is -2.41. The van der Waals surface area contributed by atoms with Crippen LogP contribution in [0.3, 0.4) is 0 Å². The van der Waals surface area contributed by atoms with Crippen LogP contribution in [-0.2, 0) is 25.6 Å². The topological polar surface area (TPSA) is 57.2 Å². The molecule has 0 bridgehead atoms. The lowest BCUT2D eigenvalue weighted by molar-refractivity contribution is -0.229. The number of hydrogen-bond acceptors (Lipinski definition) is 5. The van der Waals surface area contributed by atoms with E-state index in [1.54, 1.807) is 6.92 Å². The van der Waals surface area contributed by atoms with Gasteiger partial charge in [0.2, 0.25) is 0 Å². The van der Waals surface area contributed by atoms with Crippen LogP contribution < -0.4 is 0 Å². The highest BCUT2D eigenvalue weighted by molar-refractivity contribution is 5.20. The van der Waals surface area contributed by atoms with E-state index in [1.807, 2.05) is 26.0 Å². The molecular formula is C17H24O5. The number of aryl methyl sites for hydroxylation is 1. The molecule has 1 N–H and O–H groups in total. The first-order chi connectivity index (χ1) is 10.4. The van der Waals surface area contributed by atoms with Gasteiger partial charge in [-0.1, -0.05) is 29.8 Å². The molecule has 5 nitrogen and oxygen atoms in total. The molecule has 122 valence electrons. The van der Waals surface area contributed by atoms with Gasteiger partial charge in [-0.3, -0.25) is 0 Å². The molecule has 1 aromatic carbocycles. The molecule has 0 aromatic heterocycles. The molecule has 2 heterocycles. The fourth-order valence-corrected chi connectivity index (χ4v) is 2.96. The van der Waals surface area contributed by atoms with Crippen molar-refractivity contribution >= 4 is 0 Å². The van der Waals surface area contributed by atoms with Crippen molar-refractivity contribution in [2.45, 2.75) is 70.8 Å². The minimum absolute atomic E-state index is 0.319. The van der Waals surface area contributed by atoms with E-state index in [1.165, 1.54) is 5.56 Å². The van der Waals surface area contributed by atoms with Crippen LogP contribution in [0.2, 0.25) is 0 Å². The Morgan fingerprint density at radius 2 is 1.91 bits per heavy atom. The third kappa shape index (κ3) is 3.19. The first kappa shape index (κ1) is 15.9. The maximum Gasteiger partial charge on any atom is 0.190 e. The van der Waals surface area contributed by atoms with Gasteiger partial charge in [0.1, 0.15) is 18.3 Å². The summed E-state index contributed by atoms with van der Waals surface area (Å²) in [6.07, 6.45) is -2.26. The van der Waals surface area contributed by atoms with Crippen molar-refractivity contribution < 1.29 is 24.1 Å². The molecule has 0 unspecified atom stereocenters. The fourth-order valence-electron chi connectivity index (χ4n) is 2.96. The predicted octanol–water partition coefficient (Wildman–Crippen LogP) is 2.14. The Kier molecular flexibility index (Phi) is 4.27. The molecule has 22 heavy (non-hydrogen) atoms. The third-order valence-electron chi connectivity index (χ3n) is 4.07. The van der Waals surface area contributed by atoms with Gasteiger partial charge in [-0.05, 0) is 33.3 Å². The molecule has 0 aliphatic carbocycles. The number of ether oxygens (including phenoxy) is 4. The normalized spacial score (nSPS) is 34.6. The maximum absolute atomic E-state index is 9.93. The van der Waals surface area contributed by atoms with E-state index in [0.717, 1.165) is 5.56 Å². The van der Waals surface area contributed by atoms with E-state index in [9.17, 15) is 5.11 Å². The summed E-state index contributed by atoms with van der Waals surface area (Å²) in [4.78, 5) is 0. The van der Waals surface area contributed by atoms with Crippen LogP contribution in [0.25, 0.3) is 0 Å². The van der Waals surface area contributed by atoms with Crippen molar-refractivity contribution in [2.75, 3.05) is 0 Å². The minimum atomic E-state index is -0.690. The van der Waals surface area contributed by atoms with E-state index < -0.39 is 24.3 Å². The second-order valence-corrected chi connectivity index (χ2v) is 6.57. The molecule has 1 aromatic rings. The number of benzene rings is 1. The Hall–Kier alpha value is -0.980. The van der Waals surface area contributed by atoms with Gasteiger partial charge >= 0.3 is 0 Å². The molecule has 0 spiro atoms. The quantitative estimate of drug-likeness (QED) is 0.923. The number of rotatable bonds is 4. The van der Waals surface area contributed by atoms with Crippen molar-refractivity contribution in [3.63, 3.8) is 0 Å². The van der Waals surface area contributed by atoms with E-state index in [-0.39, 0.29) is 12.2 Å². The van der Waals surface area contributed by atoms with Crippen LogP contribution in [0.5, 0.6) is 0 Å². The molecule has 5 heteroatoms. The zero-order valence-electron chi connectivity index (χ0n) is 13.5. The van der Waals surface area contributed by atoms with E-state index >= 15 is 0 Å². The Labute approximate surface area is 131 Å². The van der Waals surface area contributed by atoms with Crippen molar-refractivity contribution in [3.05, 3.63) is 35.4 Å². The smallest absolute Gasteiger partial charge is 0.190 e. The van der Waals surface area contributed by atoms with Crippen LogP contribution in [0, 0.1) is 6.92 Å². The molecule has 3 rings (SSSR count). The van der Waals surface area contributed by atoms with Crippen molar-refractivity contribution in [1.29, 1.82) is 0 Å². The van der Waals surface area contributed by atoms with E-state index in [4.69, 9.17) is 18.9 Å². The molecule has 0 amide bonds. The molecule has 2 saturated heterocycles. The minimum Gasteiger partial charge on any atom is -0.391 e. The second-order valence-electron chi connectivity index (χ2n) is 6.57. The number of fused-ring (bicyclic) bond motifs is 1. The summed E-state index contributed by atoms with van der Waals surface area (Å²) in [6.45, 7) is 7.89. The van der Waals surface area contributed by atoms with Crippen LogP contribution in [0.1, 0.15) is 31.9 Å². The van der Waals surface area contributed by atoms with Crippen molar-refractivity contribution in [1.82, 2.24) is 0 Å². The fraction of sp³-hybridized carbons (Fsp3) is 0.647. The van der Waals surface area contributed by atoms with Gasteiger partial charge in [-0.2, -0.15) is 0 Å². The van der Waals surface area contributed by atoms with Crippen LogP contribution in [0.4, 0.5) is 0 Å². The Balaban J connectivity index is 1.69. The van der Waals surface area contributed by atoms with E-state index in [2.05, 4.69) is 19.1 Å². The van der Waals surface area contributed by atoms with Gasteiger partial charge in [-0.25, -0.2) is 0 Å². The molecule has 0 saturated carbocycles. The second kappa shape index (κ2) is 5.91. The zero-order chi connectivity index (χ0) is 15.9. The number of aliphatic hydroxyl groups is 1. The molecule has 0 radical (unpaired) electrons. The van der Waals surface area contributed by atoms with Gasteiger partial charge in [-0.15, -0.1) is 0 Å². The summed E-state index contributed by atoms with van der Waals surface area (Å²) >= 11 is 0. The molecule has 2 aliphatic rings. The van der Waals surface area contributed by atoms with Gasteiger partial charge in [0.15, 0.2) is 12.1 Å². The number of hydrogen-bond donors (Lipinski definition) is 1. The lowest BCUT2D eigenvalue weighted by atomic mass is 10.1. The summed E-state index contributed by atoms with van der Waals surface area (Å²) in [5, 5.41) is 9.93. The highest BCUT2D eigenvalue weighted by Gasteiger charge is 2.56. The van der Waals surface area contributed by atoms with Gasteiger partial charge in [0.25, 0.3) is 0 Å². The SMILES string of the molecule is Cc1ccc(CO[C@@H]2[C@H]3OC(C)(C)O[C@H]3O[C@@H]2[C@@H](C)O)cc1. The van der Waals surface area contributed by atoms with Crippen LogP contribution >= 0.6 is 0 Å². The third-order valence-corrected chi connectivity index (χ3v) is 4.07. The maximum atomic E-state index is 9.93. The average molecular weight is 308 g/mol. The molecule has 5 atom stereocenters. The average Bonchev–Trinajstić information content (AvgIpc) is 2.90. The lowest BCUT2D eigenvalue weighted by Gasteiger charge is -2.27. The summed E-state index contributed by atoms with van der Waals surface area (Å²) in [5.74, 6) is -0.690. The first-order valence-corrected chi connectivity index (χ1v) is 7.72. The van der Waals surface area contributed by atoms with E-state index in [0.29, 0.717) is 6.61 Å². The van der Waals surface area contributed by atoms with Crippen LogP contribution in [0.15, 0.2) is 24.3 Å². The largest absolute Gasteiger partial charge is 0.391 e. The first-order valence-electron chi connectivity index (χ1n) is 7.72. The van der Waals surface area contributed by atoms with Crippen molar-refractivity contribution in [2.24, 2.45) is 0 Å². The standard InChI is InChI=1S/C17H24O5/c1-10-5-7-12(8-6-10)9-19-14-13(11(2)18)20-16-15(14)21-17(3,4)22-16/h5-8,11,13-16,18H,9H2,1-4H3/t11-,13-,14+,15-,16-/m1/s1. The zero-order valence-corrected chi connectivity index (χ0v) is 13.5. The van der Waals surface area contributed by atoms with Crippen molar-refractivity contribution in [3.8, 4) is 0 Å². The molecule has 2 aliphatic heterocycles. The molecule has 2 fully saturated rings.